The van der Waals surface area contributed by atoms with Gasteiger partial charge >= 0.3 is 0 Å². The standard InChI is InChI=1S/C9H19N3/c1-12(2)7-9(10)8-3-5-11-6-4-8/h8,10-11H,3-7H2,1-2H3. The number of piperidine rings is 1. The molecule has 0 spiro atoms. The highest BCUT2D eigenvalue weighted by molar-refractivity contribution is 5.85. The van der Waals surface area contributed by atoms with Crippen LogP contribution in [0.2, 0.25) is 0 Å². The molecule has 0 saturated carbocycles. The van der Waals surface area contributed by atoms with E-state index in [2.05, 4.69) is 10.2 Å². The van der Waals surface area contributed by atoms with Crippen molar-refractivity contribution in [3.8, 4) is 0 Å². The SMILES string of the molecule is CN(C)CC(=N)C1CCNCC1. The molecule has 0 aromatic carbocycles. The minimum absolute atomic E-state index is 0.536. The van der Waals surface area contributed by atoms with E-state index < -0.39 is 0 Å². The van der Waals surface area contributed by atoms with Crippen LogP contribution in [0.25, 0.3) is 0 Å². The molecule has 0 atom stereocenters. The zero-order valence-electron chi connectivity index (χ0n) is 8.06. The molecule has 0 bridgehead atoms. The number of hydrogen-bond donors (Lipinski definition) is 2. The third kappa shape index (κ3) is 2.91. The molecule has 0 unspecified atom stereocenters. The van der Waals surface area contributed by atoms with Crippen LogP contribution in [0.3, 0.4) is 0 Å². The fourth-order valence-electron chi connectivity index (χ4n) is 1.64. The van der Waals surface area contributed by atoms with Gasteiger partial charge in [-0.2, -0.15) is 0 Å². The van der Waals surface area contributed by atoms with Crippen LogP contribution in [-0.4, -0.2) is 44.3 Å². The highest BCUT2D eigenvalue weighted by Crippen LogP contribution is 2.12. The van der Waals surface area contributed by atoms with Crippen molar-refractivity contribution in [3.05, 3.63) is 0 Å². The Bertz CT molecular complexity index is 148. The lowest BCUT2D eigenvalue weighted by molar-refractivity contribution is 0.420. The summed E-state index contributed by atoms with van der Waals surface area (Å²) in [4.78, 5) is 2.07. The normalized spacial score (nSPS) is 19.9. The lowest BCUT2D eigenvalue weighted by Gasteiger charge is -2.24. The van der Waals surface area contributed by atoms with Crippen molar-refractivity contribution in [3.63, 3.8) is 0 Å². The Labute approximate surface area is 74.6 Å². The highest BCUT2D eigenvalue weighted by Gasteiger charge is 2.17. The maximum absolute atomic E-state index is 7.84. The molecular formula is C9H19N3. The van der Waals surface area contributed by atoms with Crippen molar-refractivity contribution in [1.82, 2.24) is 10.2 Å². The minimum Gasteiger partial charge on any atom is -0.317 e. The first-order chi connectivity index (χ1) is 5.70. The van der Waals surface area contributed by atoms with Crippen molar-refractivity contribution in [2.75, 3.05) is 33.7 Å². The van der Waals surface area contributed by atoms with E-state index in [1.807, 2.05) is 14.1 Å². The Morgan fingerprint density at radius 2 is 2.00 bits per heavy atom. The Hall–Kier alpha value is -0.410. The van der Waals surface area contributed by atoms with Gasteiger partial charge in [0.05, 0.1) is 0 Å². The summed E-state index contributed by atoms with van der Waals surface area (Å²) in [6.07, 6.45) is 2.29. The molecular weight excluding hydrogens is 150 g/mol. The van der Waals surface area contributed by atoms with Gasteiger partial charge in [-0.05, 0) is 40.0 Å². The van der Waals surface area contributed by atoms with E-state index in [0.717, 1.165) is 38.2 Å². The number of nitrogens with one attached hydrogen (secondary N) is 2. The van der Waals surface area contributed by atoms with Gasteiger partial charge < -0.3 is 15.6 Å². The lowest BCUT2D eigenvalue weighted by Crippen LogP contribution is -2.35. The molecule has 0 amide bonds. The van der Waals surface area contributed by atoms with Gasteiger partial charge in [-0.1, -0.05) is 0 Å². The smallest absolute Gasteiger partial charge is 0.0357 e. The zero-order valence-corrected chi connectivity index (χ0v) is 8.06. The summed E-state index contributed by atoms with van der Waals surface area (Å²) in [6.45, 7) is 2.99. The van der Waals surface area contributed by atoms with Crippen molar-refractivity contribution < 1.29 is 0 Å². The Morgan fingerprint density at radius 3 is 2.50 bits per heavy atom. The zero-order chi connectivity index (χ0) is 8.97. The summed E-state index contributed by atoms with van der Waals surface area (Å²) in [5.74, 6) is 0.536. The van der Waals surface area contributed by atoms with Gasteiger partial charge in [-0.3, -0.25) is 0 Å². The van der Waals surface area contributed by atoms with Gasteiger partial charge in [0.25, 0.3) is 0 Å². The molecule has 70 valence electrons. The topological polar surface area (TPSA) is 39.1 Å². The summed E-state index contributed by atoms with van der Waals surface area (Å²) in [5, 5.41) is 11.2. The quantitative estimate of drug-likeness (QED) is 0.606. The summed E-state index contributed by atoms with van der Waals surface area (Å²) < 4.78 is 0. The molecule has 3 heteroatoms. The van der Waals surface area contributed by atoms with E-state index in [-0.39, 0.29) is 0 Å². The van der Waals surface area contributed by atoms with Gasteiger partial charge in [-0.15, -0.1) is 0 Å². The van der Waals surface area contributed by atoms with Crippen LogP contribution < -0.4 is 5.32 Å². The Morgan fingerprint density at radius 1 is 1.42 bits per heavy atom. The number of hydrogen-bond acceptors (Lipinski definition) is 3. The maximum Gasteiger partial charge on any atom is 0.0357 e. The number of nitrogens with zero attached hydrogens (tertiary/aromatic N) is 1. The molecule has 1 aliphatic heterocycles. The van der Waals surface area contributed by atoms with Crippen molar-refractivity contribution in [1.29, 1.82) is 5.41 Å². The average Bonchev–Trinajstić information content (AvgIpc) is 2.05. The monoisotopic (exact) mass is 169 g/mol. The van der Waals surface area contributed by atoms with E-state index in [0.29, 0.717) is 5.92 Å². The van der Waals surface area contributed by atoms with E-state index in [1.54, 1.807) is 0 Å². The van der Waals surface area contributed by atoms with Gasteiger partial charge in [-0.25, -0.2) is 0 Å². The third-order valence-electron chi connectivity index (χ3n) is 2.32. The molecule has 1 saturated heterocycles. The molecule has 0 aliphatic carbocycles. The van der Waals surface area contributed by atoms with Crippen LogP contribution >= 0.6 is 0 Å². The van der Waals surface area contributed by atoms with E-state index in [9.17, 15) is 0 Å². The van der Waals surface area contributed by atoms with Gasteiger partial charge in [0.1, 0.15) is 0 Å². The van der Waals surface area contributed by atoms with Crippen molar-refractivity contribution in [2.24, 2.45) is 5.92 Å². The first-order valence-corrected chi connectivity index (χ1v) is 4.63. The fourth-order valence-corrected chi connectivity index (χ4v) is 1.64. The number of rotatable bonds is 3. The summed E-state index contributed by atoms with van der Waals surface area (Å²) in [6, 6.07) is 0. The lowest BCUT2D eigenvalue weighted by atomic mass is 9.93. The minimum atomic E-state index is 0.536. The molecule has 1 rings (SSSR count). The maximum atomic E-state index is 7.84. The van der Waals surface area contributed by atoms with E-state index in [4.69, 9.17) is 5.41 Å². The molecule has 1 aliphatic rings. The van der Waals surface area contributed by atoms with Gasteiger partial charge in [0.2, 0.25) is 0 Å². The molecule has 0 aromatic heterocycles. The second-order valence-corrected chi connectivity index (χ2v) is 3.79. The van der Waals surface area contributed by atoms with E-state index >= 15 is 0 Å². The Balaban J connectivity index is 2.30. The molecule has 3 nitrogen and oxygen atoms in total. The van der Waals surface area contributed by atoms with Crippen LogP contribution in [0.4, 0.5) is 0 Å². The second kappa shape index (κ2) is 4.58. The van der Waals surface area contributed by atoms with Crippen molar-refractivity contribution >= 4 is 5.71 Å². The molecule has 0 aromatic rings. The predicted molar refractivity (Wildman–Crippen MR) is 51.9 cm³/mol. The second-order valence-electron chi connectivity index (χ2n) is 3.79. The van der Waals surface area contributed by atoms with Crippen LogP contribution in [0, 0.1) is 11.3 Å². The van der Waals surface area contributed by atoms with Crippen molar-refractivity contribution in [2.45, 2.75) is 12.8 Å². The Kier molecular flexibility index (Phi) is 3.69. The summed E-state index contributed by atoms with van der Waals surface area (Å²) in [5.41, 5.74) is 0.904. The molecule has 1 heterocycles. The third-order valence-corrected chi connectivity index (χ3v) is 2.32. The van der Waals surface area contributed by atoms with Crippen LogP contribution in [0.1, 0.15) is 12.8 Å². The van der Waals surface area contributed by atoms with Crippen LogP contribution in [0.15, 0.2) is 0 Å². The first-order valence-electron chi connectivity index (χ1n) is 4.63. The summed E-state index contributed by atoms with van der Waals surface area (Å²) in [7, 11) is 4.05. The van der Waals surface area contributed by atoms with Crippen LogP contribution in [0.5, 0.6) is 0 Å². The van der Waals surface area contributed by atoms with E-state index in [1.165, 1.54) is 0 Å². The molecule has 2 N–H and O–H groups in total. The highest BCUT2D eigenvalue weighted by atomic mass is 15.1. The molecule has 0 radical (unpaired) electrons. The fraction of sp³-hybridized carbons (Fsp3) is 0.889. The molecule has 12 heavy (non-hydrogen) atoms. The largest absolute Gasteiger partial charge is 0.317 e. The first kappa shape index (κ1) is 9.68. The average molecular weight is 169 g/mol. The summed E-state index contributed by atoms with van der Waals surface area (Å²) >= 11 is 0. The molecule has 1 fully saturated rings. The van der Waals surface area contributed by atoms with Gasteiger partial charge in [0, 0.05) is 18.2 Å². The predicted octanol–water partition coefficient (Wildman–Crippen LogP) is 0.567. The van der Waals surface area contributed by atoms with Crippen LogP contribution in [-0.2, 0) is 0 Å². The van der Waals surface area contributed by atoms with Gasteiger partial charge in [0.15, 0.2) is 0 Å².